The van der Waals surface area contributed by atoms with E-state index < -0.39 is 0 Å². The fraction of sp³-hybridized carbons (Fsp3) is 0.0217. The molecule has 50 heavy (non-hydrogen) atoms. The SMILES string of the molecule is Cc1cccc(-c2ccc(-c3nc(-c4ccccc4)nc(-c4ccc5c(c4)oc4cccc(-c6cccc(-c7ccccc7)c6)c45)n3)cc2)c1. The van der Waals surface area contributed by atoms with Crippen LogP contribution in [-0.2, 0) is 0 Å². The van der Waals surface area contributed by atoms with Crippen LogP contribution in [0.4, 0.5) is 0 Å². The fourth-order valence-electron chi connectivity index (χ4n) is 6.69. The standard InChI is InChI=1S/C46H31N3O/c1-30-11-8-16-35(27-30)32-21-23-34(24-22-32)45-47-44(33-14-6-3-7-15-33)48-46(49-45)38-25-26-40-42(29-38)50-41-20-10-19-39(43(40)41)37-18-9-17-36(28-37)31-12-4-2-5-13-31/h2-29H,1H3. The molecule has 236 valence electrons. The van der Waals surface area contributed by atoms with Crippen molar-refractivity contribution in [1.29, 1.82) is 0 Å². The zero-order chi connectivity index (χ0) is 33.4. The van der Waals surface area contributed by atoms with Crippen LogP contribution in [0, 0.1) is 6.92 Å². The second-order valence-electron chi connectivity index (χ2n) is 12.6. The molecule has 0 bridgehead atoms. The van der Waals surface area contributed by atoms with Crippen molar-refractivity contribution < 1.29 is 4.42 Å². The normalized spacial score (nSPS) is 11.3. The first-order chi connectivity index (χ1) is 24.7. The van der Waals surface area contributed by atoms with Crippen molar-refractivity contribution in [3.63, 3.8) is 0 Å². The van der Waals surface area contributed by atoms with E-state index in [0.29, 0.717) is 17.5 Å². The first-order valence-electron chi connectivity index (χ1n) is 16.8. The zero-order valence-electron chi connectivity index (χ0n) is 27.4. The molecule has 0 amide bonds. The van der Waals surface area contributed by atoms with Gasteiger partial charge in [0.15, 0.2) is 17.5 Å². The van der Waals surface area contributed by atoms with Crippen molar-refractivity contribution in [3.8, 4) is 67.5 Å². The number of aryl methyl sites for hydroxylation is 1. The van der Waals surface area contributed by atoms with E-state index in [-0.39, 0.29) is 0 Å². The van der Waals surface area contributed by atoms with Crippen molar-refractivity contribution in [3.05, 3.63) is 175 Å². The van der Waals surface area contributed by atoms with Crippen LogP contribution in [0.1, 0.15) is 5.56 Å². The summed E-state index contributed by atoms with van der Waals surface area (Å²) in [4.78, 5) is 14.9. The molecular formula is C46H31N3O. The molecule has 0 saturated carbocycles. The summed E-state index contributed by atoms with van der Waals surface area (Å²) in [5, 5.41) is 2.14. The lowest BCUT2D eigenvalue weighted by Gasteiger charge is -2.09. The van der Waals surface area contributed by atoms with Gasteiger partial charge in [-0.2, -0.15) is 0 Å². The number of hydrogen-bond donors (Lipinski definition) is 0. The van der Waals surface area contributed by atoms with E-state index in [4.69, 9.17) is 19.4 Å². The van der Waals surface area contributed by atoms with E-state index in [1.807, 2.05) is 48.5 Å². The molecule has 0 unspecified atom stereocenters. The van der Waals surface area contributed by atoms with Crippen LogP contribution in [0.5, 0.6) is 0 Å². The van der Waals surface area contributed by atoms with E-state index in [0.717, 1.165) is 55.3 Å². The maximum Gasteiger partial charge on any atom is 0.164 e. The van der Waals surface area contributed by atoms with Gasteiger partial charge >= 0.3 is 0 Å². The van der Waals surface area contributed by atoms with Gasteiger partial charge in [0.1, 0.15) is 11.2 Å². The van der Waals surface area contributed by atoms with E-state index >= 15 is 0 Å². The number of furan rings is 1. The lowest BCUT2D eigenvalue weighted by atomic mass is 9.96. The minimum absolute atomic E-state index is 0.592. The first kappa shape index (κ1) is 29.5. The van der Waals surface area contributed by atoms with Crippen LogP contribution in [0.25, 0.3) is 89.5 Å². The predicted molar refractivity (Wildman–Crippen MR) is 204 cm³/mol. The Morgan fingerprint density at radius 1 is 0.360 bits per heavy atom. The van der Waals surface area contributed by atoms with E-state index in [1.54, 1.807) is 0 Å². The molecule has 0 N–H and O–H groups in total. The van der Waals surface area contributed by atoms with Crippen LogP contribution in [-0.4, -0.2) is 15.0 Å². The maximum absolute atomic E-state index is 6.51. The highest BCUT2D eigenvalue weighted by Crippen LogP contribution is 2.39. The largest absolute Gasteiger partial charge is 0.456 e. The molecule has 0 aliphatic carbocycles. The monoisotopic (exact) mass is 641 g/mol. The van der Waals surface area contributed by atoms with Gasteiger partial charge in [-0.05, 0) is 64.6 Å². The first-order valence-corrected chi connectivity index (χ1v) is 16.8. The Hall–Kier alpha value is -6.65. The Bertz CT molecular complexity index is 2640. The minimum Gasteiger partial charge on any atom is -0.456 e. The molecule has 0 spiro atoms. The van der Waals surface area contributed by atoms with Gasteiger partial charge in [0.05, 0.1) is 0 Å². The lowest BCUT2D eigenvalue weighted by Crippen LogP contribution is -2.00. The van der Waals surface area contributed by atoms with Gasteiger partial charge < -0.3 is 4.42 Å². The van der Waals surface area contributed by atoms with Crippen LogP contribution in [0.15, 0.2) is 174 Å². The predicted octanol–water partition coefficient (Wildman–Crippen LogP) is 12.1. The van der Waals surface area contributed by atoms with Gasteiger partial charge in [-0.3, -0.25) is 0 Å². The second-order valence-corrected chi connectivity index (χ2v) is 12.6. The van der Waals surface area contributed by atoms with Gasteiger partial charge in [-0.15, -0.1) is 0 Å². The van der Waals surface area contributed by atoms with E-state index in [9.17, 15) is 0 Å². The number of benzene rings is 7. The smallest absolute Gasteiger partial charge is 0.164 e. The molecule has 4 heteroatoms. The maximum atomic E-state index is 6.51. The Balaban J connectivity index is 1.14. The summed E-state index contributed by atoms with van der Waals surface area (Å²) in [6.07, 6.45) is 0. The molecular weight excluding hydrogens is 611 g/mol. The molecule has 7 aromatic carbocycles. The zero-order valence-corrected chi connectivity index (χ0v) is 27.4. The van der Waals surface area contributed by atoms with Crippen molar-refractivity contribution in [2.75, 3.05) is 0 Å². The Labute approximate surface area is 290 Å². The molecule has 2 heterocycles. The summed E-state index contributed by atoms with van der Waals surface area (Å²) in [7, 11) is 0. The number of nitrogens with zero attached hydrogens (tertiary/aromatic N) is 3. The Morgan fingerprint density at radius 3 is 1.60 bits per heavy atom. The lowest BCUT2D eigenvalue weighted by molar-refractivity contribution is 0.669. The Kier molecular flexibility index (Phi) is 7.33. The highest BCUT2D eigenvalue weighted by molar-refractivity contribution is 6.13. The van der Waals surface area contributed by atoms with E-state index in [1.165, 1.54) is 22.3 Å². The third-order valence-electron chi connectivity index (χ3n) is 9.20. The van der Waals surface area contributed by atoms with Gasteiger partial charge in [0.2, 0.25) is 0 Å². The highest BCUT2D eigenvalue weighted by atomic mass is 16.3. The van der Waals surface area contributed by atoms with Gasteiger partial charge in [0.25, 0.3) is 0 Å². The Morgan fingerprint density at radius 2 is 0.880 bits per heavy atom. The molecule has 4 nitrogen and oxygen atoms in total. The van der Waals surface area contributed by atoms with Gasteiger partial charge in [0, 0.05) is 27.5 Å². The number of hydrogen-bond acceptors (Lipinski definition) is 4. The summed E-state index contributed by atoms with van der Waals surface area (Å²) < 4.78 is 6.51. The molecule has 0 fully saturated rings. The number of fused-ring (bicyclic) bond motifs is 3. The van der Waals surface area contributed by atoms with Gasteiger partial charge in [-0.1, -0.05) is 151 Å². The summed E-state index contributed by atoms with van der Waals surface area (Å²) in [6.45, 7) is 2.11. The topological polar surface area (TPSA) is 51.8 Å². The molecule has 2 aromatic heterocycles. The third kappa shape index (κ3) is 5.53. The molecule has 0 aliphatic rings. The van der Waals surface area contributed by atoms with Crippen molar-refractivity contribution >= 4 is 21.9 Å². The summed E-state index contributed by atoms with van der Waals surface area (Å²) >= 11 is 0. The number of aromatic nitrogens is 3. The molecule has 0 atom stereocenters. The molecule has 0 radical (unpaired) electrons. The van der Waals surface area contributed by atoms with Crippen LogP contribution >= 0.6 is 0 Å². The van der Waals surface area contributed by atoms with Crippen LogP contribution in [0.2, 0.25) is 0 Å². The average Bonchev–Trinajstić information content (AvgIpc) is 3.57. The molecule has 9 rings (SSSR count). The van der Waals surface area contributed by atoms with Gasteiger partial charge in [-0.25, -0.2) is 15.0 Å². The van der Waals surface area contributed by atoms with E-state index in [2.05, 4.69) is 128 Å². The van der Waals surface area contributed by atoms with Crippen molar-refractivity contribution in [2.45, 2.75) is 6.92 Å². The van der Waals surface area contributed by atoms with Crippen molar-refractivity contribution in [1.82, 2.24) is 15.0 Å². The second kappa shape index (κ2) is 12.4. The third-order valence-corrected chi connectivity index (χ3v) is 9.20. The molecule has 0 saturated heterocycles. The summed E-state index contributed by atoms with van der Waals surface area (Å²) in [6, 6.07) is 58.7. The van der Waals surface area contributed by atoms with Crippen LogP contribution in [0.3, 0.4) is 0 Å². The minimum atomic E-state index is 0.592. The summed E-state index contributed by atoms with van der Waals surface area (Å²) in [5.74, 6) is 1.84. The fourth-order valence-corrected chi connectivity index (χ4v) is 6.69. The van der Waals surface area contributed by atoms with Crippen LogP contribution < -0.4 is 0 Å². The quantitative estimate of drug-likeness (QED) is 0.181. The summed E-state index contributed by atoms with van der Waals surface area (Å²) in [5.41, 5.74) is 12.6. The molecule has 0 aliphatic heterocycles. The van der Waals surface area contributed by atoms with Crippen molar-refractivity contribution in [2.24, 2.45) is 0 Å². The average molecular weight is 642 g/mol. The highest BCUT2D eigenvalue weighted by Gasteiger charge is 2.17. The number of rotatable bonds is 6. The molecule has 9 aromatic rings.